The van der Waals surface area contributed by atoms with Crippen LogP contribution in [0, 0.1) is 5.82 Å². The lowest BCUT2D eigenvalue weighted by atomic mass is 10.2. The second-order valence-corrected chi connectivity index (χ2v) is 3.47. The highest BCUT2D eigenvalue weighted by Crippen LogP contribution is 2.21. The van der Waals surface area contributed by atoms with Gasteiger partial charge in [0.1, 0.15) is 0 Å². The molecule has 0 aromatic heterocycles. The molecule has 0 aliphatic heterocycles. The molecule has 0 bridgehead atoms. The molecule has 0 spiro atoms. The molecule has 3 N–H and O–H groups in total. The van der Waals surface area contributed by atoms with Crippen molar-refractivity contribution in [3.05, 3.63) is 36.7 Å². The second kappa shape index (κ2) is 6.00. The van der Waals surface area contributed by atoms with Crippen molar-refractivity contribution in [2.75, 3.05) is 12.4 Å². The van der Waals surface area contributed by atoms with E-state index in [2.05, 4.69) is 11.9 Å². The number of hydrogen-bond acceptors (Lipinski definition) is 3. The van der Waals surface area contributed by atoms with E-state index in [1.807, 2.05) is 0 Å². The maximum absolute atomic E-state index is 13.1. The first-order valence-corrected chi connectivity index (χ1v) is 5.09. The fourth-order valence-electron chi connectivity index (χ4n) is 1.26. The van der Waals surface area contributed by atoms with Crippen molar-refractivity contribution in [2.45, 2.75) is 12.5 Å². The number of halogens is 1. The Kier molecular flexibility index (Phi) is 4.66. The number of carbonyl (C=O) groups excluding carboxylic acids is 1. The maximum atomic E-state index is 13.1. The lowest BCUT2D eigenvalue weighted by Crippen LogP contribution is -2.35. The van der Waals surface area contributed by atoms with Gasteiger partial charge >= 0.3 is 0 Å². The molecule has 0 aliphatic carbocycles. The minimum absolute atomic E-state index is 0.0695. The summed E-state index contributed by atoms with van der Waals surface area (Å²) in [6.45, 7) is 3.50. The molecule has 1 rings (SSSR count). The third-order valence-corrected chi connectivity index (χ3v) is 2.18. The lowest BCUT2D eigenvalue weighted by Gasteiger charge is -2.11. The molecule has 0 aliphatic rings. The molecule has 0 radical (unpaired) electrons. The zero-order valence-electron chi connectivity index (χ0n) is 9.57. The van der Waals surface area contributed by atoms with Gasteiger partial charge in [-0.15, -0.1) is 6.58 Å². The van der Waals surface area contributed by atoms with Crippen LogP contribution in [0.5, 0.6) is 5.75 Å². The van der Waals surface area contributed by atoms with Crippen LogP contribution in [0.2, 0.25) is 0 Å². The van der Waals surface area contributed by atoms with Crippen molar-refractivity contribution in [3.63, 3.8) is 0 Å². The summed E-state index contributed by atoms with van der Waals surface area (Å²) in [5.41, 5.74) is 6.03. The molecule has 92 valence electrons. The average Bonchev–Trinajstić information content (AvgIpc) is 2.31. The molecule has 1 aromatic rings. The summed E-state index contributed by atoms with van der Waals surface area (Å²) in [7, 11) is 1.35. The van der Waals surface area contributed by atoms with Gasteiger partial charge in [0.05, 0.1) is 13.2 Å². The minimum atomic E-state index is -0.663. The molecule has 1 amide bonds. The number of nitrogens with two attached hydrogens (primary N) is 1. The highest BCUT2D eigenvalue weighted by atomic mass is 19.1. The van der Waals surface area contributed by atoms with Crippen molar-refractivity contribution in [1.82, 2.24) is 0 Å². The fraction of sp³-hybridized carbons (Fsp3) is 0.250. The Hall–Kier alpha value is -1.88. The van der Waals surface area contributed by atoms with Gasteiger partial charge in [0.15, 0.2) is 11.6 Å². The van der Waals surface area contributed by atoms with Gasteiger partial charge < -0.3 is 15.8 Å². The van der Waals surface area contributed by atoms with Gasteiger partial charge in [-0.3, -0.25) is 4.79 Å². The van der Waals surface area contributed by atoms with Gasteiger partial charge in [-0.2, -0.15) is 0 Å². The monoisotopic (exact) mass is 238 g/mol. The quantitative estimate of drug-likeness (QED) is 0.767. The molecule has 1 atom stereocenters. The predicted molar refractivity (Wildman–Crippen MR) is 64.4 cm³/mol. The van der Waals surface area contributed by atoms with E-state index < -0.39 is 11.9 Å². The molecule has 1 aromatic carbocycles. The van der Waals surface area contributed by atoms with E-state index in [4.69, 9.17) is 10.5 Å². The number of methoxy groups -OCH3 is 1. The van der Waals surface area contributed by atoms with E-state index >= 15 is 0 Å². The van der Waals surface area contributed by atoms with Gasteiger partial charge in [-0.1, -0.05) is 6.08 Å². The lowest BCUT2D eigenvalue weighted by molar-refractivity contribution is -0.117. The van der Waals surface area contributed by atoms with E-state index in [9.17, 15) is 9.18 Å². The summed E-state index contributed by atoms with van der Waals surface area (Å²) < 4.78 is 17.9. The molecular formula is C12H15FN2O2. The van der Waals surface area contributed by atoms with Gasteiger partial charge in [-0.25, -0.2) is 4.39 Å². The zero-order chi connectivity index (χ0) is 12.8. The van der Waals surface area contributed by atoms with E-state index in [1.54, 1.807) is 6.08 Å². The smallest absolute Gasteiger partial charge is 0.241 e. The highest BCUT2D eigenvalue weighted by molar-refractivity contribution is 5.94. The normalized spacial score (nSPS) is 11.7. The first-order valence-electron chi connectivity index (χ1n) is 5.09. The number of ether oxygens (including phenoxy) is 1. The molecule has 0 heterocycles. The van der Waals surface area contributed by atoms with Crippen molar-refractivity contribution in [1.29, 1.82) is 0 Å². The van der Waals surface area contributed by atoms with Crippen molar-refractivity contribution in [2.24, 2.45) is 5.73 Å². The summed E-state index contributed by atoms with van der Waals surface area (Å²) in [6, 6.07) is 3.39. The van der Waals surface area contributed by atoms with Crippen LogP contribution in [0.3, 0.4) is 0 Å². The number of rotatable bonds is 5. The maximum Gasteiger partial charge on any atom is 0.241 e. The number of hydrogen-bond donors (Lipinski definition) is 2. The average molecular weight is 238 g/mol. The Morgan fingerprint density at radius 3 is 3.00 bits per heavy atom. The first-order chi connectivity index (χ1) is 8.08. The van der Waals surface area contributed by atoms with Crippen LogP contribution < -0.4 is 15.8 Å². The molecule has 0 saturated heterocycles. The van der Waals surface area contributed by atoms with Crippen LogP contribution in [-0.2, 0) is 4.79 Å². The number of nitrogens with one attached hydrogen (secondary N) is 1. The standard InChI is InChI=1S/C12H15FN2O2/c1-3-4-10(14)12(16)15-8-5-6-9(13)11(7-8)17-2/h3,5-7,10H,1,4,14H2,2H3,(H,15,16). The fourth-order valence-corrected chi connectivity index (χ4v) is 1.26. The van der Waals surface area contributed by atoms with Crippen LogP contribution in [0.4, 0.5) is 10.1 Å². The Balaban J connectivity index is 2.74. The Bertz CT molecular complexity index is 421. The molecule has 4 nitrogen and oxygen atoms in total. The van der Waals surface area contributed by atoms with Crippen molar-refractivity contribution in [3.8, 4) is 5.75 Å². The van der Waals surface area contributed by atoms with Crippen LogP contribution in [0.1, 0.15) is 6.42 Å². The third-order valence-electron chi connectivity index (χ3n) is 2.18. The SMILES string of the molecule is C=CCC(N)C(=O)Nc1ccc(F)c(OC)c1. The van der Waals surface area contributed by atoms with Gasteiger partial charge in [0.25, 0.3) is 0 Å². The topological polar surface area (TPSA) is 64.4 Å². The first kappa shape index (κ1) is 13.2. The molecule has 17 heavy (non-hydrogen) atoms. The second-order valence-electron chi connectivity index (χ2n) is 3.47. The molecular weight excluding hydrogens is 223 g/mol. The number of amides is 1. The van der Waals surface area contributed by atoms with Gasteiger partial charge in [-0.05, 0) is 18.6 Å². The minimum Gasteiger partial charge on any atom is -0.494 e. The predicted octanol–water partition coefficient (Wildman–Crippen LogP) is 1.68. The summed E-state index contributed by atoms with van der Waals surface area (Å²) in [4.78, 5) is 11.6. The Labute approximate surface area is 99.3 Å². The van der Waals surface area contributed by atoms with Gasteiger partial charge in [0.2, 0.25) is 5.91 Å². The Morgan fingerprint density at radius 2 is 2.41 bits per heavy atom. The van der Waals surface area contributed by atoms with Crippen LogP contribution >= 0.6 is 0 Å². The summed E-state index contributed by atoms with van der Waals surface area (Å²) in [5.74, 6) is -0.764. The van der Waals surface area contributed by atoms with E-state index in [0.29, 0.717) is 12.1 Å². The van der Waals surface area contributed by atoms with Crippen LogP contribution in [-0.4, -0.2) is 19.1 Å². The third kappa shape index (κ3) is 3.57. The van der Waals surface area contributed by atoms with Crippen LogP contribution in [0.25, 0.3) is 0 Å². The summed E-state index contributed by atoms with van der Waals surface area (Å²) in [6.07, 6.45) is 1.94. The van der Waals surface area contributed by atoms with Crippen molar-refractivity contribution >= 4 is 11.6 Å². The molecule has 5 heteroatoms. The van der Waals surface area contributed by atoms with E-state index in [-0.39, 0.29) is 11.7 Å². The largest absolute Gasteiger partial charge is 0.494 e. The van der Waals surface area contributed by atoms with E-state index in [0.717, 1.165) is 0 Å². The zero-order valence-corrected chi connectivity index (χ0v) is 9.57. The molecule has 1 unspecified atom stereocenters. The summed E-state index contributed by atoms with van der Waals surface area (Å²) >= 11 is 0. The summed E-state index contributed by atoms with van der Waals surface area (Å²) in [5, 5.41) is 2.57. The number of anilines is 1. The highest BCUT2D eigenvalue weighted by Gasteiger charge is 2.12. The van der Waals surface area contributed by atoms with E-state index in [1.165, 1.54) is 25.3 Å². The molecule has 0 fully saturated rings. The number of benzene rings is 1. The Morgan fingerprint density at radius 1 is 1.71 bits per heavy atom. The van der Waals surface area contributed by atoms with Crippen molar-refractivity contribution < 1.29 is 13.9 Å². The number of carbonyl (C=O) groups is 1. The van der Waals surface area contributed by atoms with Gasteiger partial charge in [0, 0.05) is 11.8 Å². The van der Waals surface area contributed by atoms with Crippen LogP contribution in [0.15, 0.2) is 30.9 Å². The molecule has 0 saturated carbocycles.